The van der Waals surface area contributed by atoms with Crippen molar-refractivity contribution >= 4 is 34.9 Å². The Hall–Kier alpha value is -1.68. The molecule has 2 bridgehead atoms. The SMILES string of the molecule is Cc1ccc(N2C(=O)[C@@H]3[C@H]4CC[C@H](C(=O)C4)[C@@H]3C2=O)cc1Cl. The number of Topliss-reactive ketones (excluding diaryl/α,β-unsaturated/α-hetero) is 1. The van der Waals surface area contributed by atoms with Crippen molar-refractivity contribution in [3.05, 3.63) is 28.8 Å². The number of anilines is 1. The second-order valence-electron chi connectivity index (χ2n) is 6.61. The maximum atomic E-state index is 12.8. The third-order valence-electron chi connectivity index (χ3n) is 5.48. The number of nitrogens with zero attached hydrogens (tertiary/aromatic N) is 1. The van der Waals surface area contributed by atoms with Gasteiger partial charge in [-0.15, -0.1) is 0 Å². The third kappa shape index (κ3) is 1.73. The number of benzene rings is 1. The zero-order chi connectivity index (χ0) is 15.6. The van der Waals surface area contributed by atoms with Crippen molar-refractivity contribution in [3.63, 3.8) is 0 Å². The number of imide groups is 1. The van der Waals surface area contributed by atoms with Gasteiger partial charge in [0.25, 0.3) is 0 Å². The molecule has 1 saturated heterocycles. The summed E-state index contributed by atoms with van der Waals surface area (Å²) in [6.07, 6.45) is 2.07. The minimum Gasteiger partial charge on any atom is -0.299 e. The van der Waals surface area contributed by atoms with E-state index < -0.39 is 5.92 Å². The van der Waals surface area contributed by atoms with Crippen LogP contribution in [-0.2, 0) is 14.4 Å². The van der Waals surface area contributed by atoms with Crippen molar-refractivity contribution in [2.75, 3.05) is 4.90 Å². The van der Waals surface area contributed by atoms with Crippen LogP contribution in [0, 0.1) is 30.6 Å². The maximum absolute atomic E-state index is 12.8. The van der Waals surface area contributed by atoms with Crippen LogP contribution in [0.2, 0.25) is 5.02 Å². The summed E-state index contributed by atoms with van der Waals surface area (Å²) in [7, 11) is 0. The Labute approximate surface area is 133 Å². The summed E-state index contributed by atoms with van der Waals surface area (Å²) in [5.41, 5.74) is 1.42. The predicted molar refractivity (Wildman–Crippen MR) is 81.5 cm³/mol. The van der Waals surface area contributed by atoms with Gasteiger partial charge in [-0.2, -0.15) is 0 Å². The Bertz CT molecular complexity index is 714. The first-order valence-electron chi connectivity index (χ1n) is 7.65. The fraction of sp³-hybridized carbons (Fsp3) is 0.471. The van der Waals surface area contributed by atoms with Crippen LogP contribution in [-0.4, -0.2) is 17.6 Å². The molecule has 4 fully saturated rings. The Morgan fingerprint density at radius 3 is 2.50 bits per heavy atom. The van der Waals surface area contributed by atoms with E-state index in [1.165, 1.54) is 4.90 Å². The van der Waals surface area contributed by atoms with Gasteiger partial charge in [-0.3, -0.25) is 14.4 Å². The van der Waals surface area contributed by atoms with Crippen molar-refractivity contribution in [1.82, 2.24) is 0 Å². The average Bonchev–Trinajstić information content (AvgIpc) is 2.76. The monoisotopic (exact) mass is 317 g/mol. The molecule has 3 aliphatic carbocycles. The van der Waals surface area contributed by atoms with Gasteiger partial charge in [-0.1, -0.05) is 17.7 Å². The summed E-state index contributed by atoms with van der Waals surface area (Å²) in [5.74, 6) is -1.23. The van der Waals surface area contributed by atoms with E-state index in [1.54, 1.807) is 18.2 Å². The number of amides is 2. The van der Waals surface area contributed by atoms with E-state index in [4.69, 9.17) is 11.6 Å². The molecule has 0 N–H and O–H groups in total. The number of aryl methyl sites for hydroxylation is 1. The normalized spacial score (nSPS) is 33.5. The summed E-state index contributed by atoms with van der Waals surface area (Å²) in [6, 6.07) is 5.21. The van der Waals surface area contributed by atoms with Crippen molar-refractivity contribution in [3.8, 4) is 0 Å². The second kappa shape index (κ2) is 4.66. The summed E-state index contributed by atoms with van der Waals surface area (Å²) < 4.78 is 0. The highest BCUT2D eigenvalue weighted by atomic mass is 35.5. The molecule has 3 saturated carbocycles. The van der Waals surface area contributed by atoms with E-state index in [-0.39, 0.29) is 35.4 Å². The Kier molecular flexibility index (Phi) is 2.95. The lowest BCUT2D eigenvalue weighted by Gasteiger charge is -2.41. The van der Waals surface area contributed by atoms with E-state index in [2.05, 4.69) is 0 Å². The number of carbonyl (C=O) groups is 3. The average molecular weight is 318 g/mol. The standard InChI is InChI=1S/C17H16ClNO3/c1-8-2-4-10(7-12(8)18)19-16(21)14-9-3-5-11(13(20)6-9)15(14)17(19)22/h2,4,7,9,11,14-15H,3,5-6H2,1H3/t9-,11+,14+,15-/m0/s1. The van der Waals surface area contributed by atoms with Crippen LogP contribution in [0.3, 0.4) is 0 Å². The lowest BCUT2D eigenvalue weighted by atomic mass is 9.59. The minimum absolute atomic E-state index is 0.0323. The van der Waals surface area contributed by atoms with Gasteiger partial charge in [0.2, 0.25) is 11.8 Å². The maximum Gasteiger partial charge on any atom is 0.238 e. The second-order valence-corrected chi connectivity index (χ2v) is 7.02. The van der Waals surface area contributed by atoms with Gasteiger partial charge < -0.3 is 0 Å². The largest absolute Gasteiger partial charge is 0.299 e. The Morgan fingerprint density at radius 1 is 1.09 bits per heavy atom. The van der Waals surface area contributed by atoms with E-state index in [9.17, 15) is 14.4 Å². The quantitative estimate of drug-likeness (QED) is 0.748. The summed E-state index contributed by atoms with van der Waals surface area (Å²) in [6.45, 7) is 1.87. The molecule has 0 aromatic heterocycles. The van der Waals surface area contributed by atoms with Crippen molar-refractivity contribution < 1.29 is 14.4 Å². The number of hydrogen-bond donors (Lipinski definition) is 0. The number of hydrogen-bond acceptors (Lipinski definition) is 3. The van der Waals surface area contributed by atoms with Crippen LogP contribution in [0.5, 0.6) is 0 Å². The number of fused-ring (bicyclic) bond motifs is 2. The van der Waals surface area contributed by atoms with Gasteiger partial charge in [0.15, 0.2) is 0 Å². The van der Waals surface area contributed by atoms with Crippen LogP contribution in [0.4, 0.5) is 5.69 Å². The van der Waals surface area contributed by atoms with Gasteiger partial charge in [0.05, 0.1) is 17.5 Å². The molecule has 5 heteroatoms. The smallest absolute Gasteiger partial charge is 0.238 e. The summed E-state index contributed by atoms with van der Waals surface area (Å²) in [5, 5.41) is 0.534. The van der Waals surface area contributed by atoms with Gasteiger partial charge in [-0.05, 0) is 43.4 Å². The molecule has 1 aromatic rings. The molecular weight excluding hydrogens is 302 g/mol. The molecule has 1 heterocycles. The zero-order valence-electron chi connectivity index (χ0n) is 12.2. The minimum atomic E-state index is -0.451. The number of halogens is 1. The highest BCUT2D eigenvalue weighted by molar-refractivity contribution is 6.32. The molecule has 0 radical (unpaired) electrons. The molecule has 22 heavy (non-hydrogen) atoms. The first-order valence-corrected chi connectivity index (χ1v) is 8.03. The molecule has 1 aliphatic heterocycles. The molecule has 1 aromatic carbocycles. The first-order chi connectivity index (χ1) is 10.5. The highest BCUT2D eigenvalue weighted by Crippen LogP contribution is 2.52. The molecule has 5 rings (SSSR count). The van der Waals surface area contributed by atoms with Crippen LogP contribution in [0.1, 0.15) is 24.8 Å². The number of carbonyl (C=O) groups excluding carboxylic acids is 3. The lowest BCUT2D eigenvalue weighted by molar-refractivity contribution is -0.143. The van der Waals surface area contributed by atoms with Crippen LogP contribution in [0.15, 0.2) is 18.2 Å². The van der Waals surface area contributed by atoms with Crippen LogP contribution < -0.4 is 4.90 Å². The third-order valence-corrected chi connectivity index (χ3v) is 5.89. The first kappa shape index (κ1) is 13.9. The molecule has 0 spiro atoms. The van der Waals surface area contributed by atoms with E-state index in [0.717, 1.165) is 18.4 Å². The van der Waals surface area contributed by atoms with Crippen molar-refractivity contribution in [2.24, 2.45) is 23.7 Å². The molecule has 0 unspecified atom stereocenters. The van der Waals surface area contributed by atoms with Gasteiger partial charge in [-0.25, -0.2) is 4.90 Å². The Morgan fingerprint density at radius 2 is 1.82 bits per heavy atom. The fourth-order valence-electron chi connectivity index (χ4n) is 4.36. The topological polar surface area (TPSA) is 54.5 Å². The van der Waals surface area contributed by atoms with E-state index >= 15 is 0 Å². The number of ketones is 1. The molecule has 114 valence electrons. The van der Waals surface area contributed by atoms with Crippen molar-refractivity contribution in [1.29, 1.82) is 0 Å². The zero-order valence-corrected chi connectivity index (χ0v) is 13.0. The molecule has 2 amide bonds. The highest BCUT2D eigenvalue weighted by Gasteiger charge is 2.60. The molecule has 4 nitrogen and oxygen atoms in total. The summed E-state index contributed by atoms with van der Waals surface area (Å²) >= 11 is 6.13. The van der Waals surface area contributed by atoms with Gasteiger partial charge in [0.1, 0.15) is 5.78 Å². The summed E-state index contributed by atoms with van der Waals surface area (Å²) in [4.78, 5) is 38.9. The predicted octanol–water partition coefficient (Wildman–Crippen LogP) is 2.75. The molecule has 4 aliphatic rings. The Balaban J connectivity index is 1.77. The molecule has 4 atom stereocenters. The lowest BCUT2D eigenvalue weighted by Crippen LogP contribution is -2.46. The van der Waals surface area contributed by atoms with Crippen LogP contribution in [0.25, 0.3) is 0 Å². The van der Waals surface area contributed by atoms with E-state index in [1.807, 2.05) is 6.92 Å². The van der Waals surface area contributed by atoms with Gasteiger partial charge >= 0.3 is 0 Å². The van der Waals surface area contributed by atoms with Crippen LogP contribution >= 0.6 is 11.6 Å². The van der Waals surface area contributed by atoms with Crippen molar-refractivity contribution in [2.45, 2.75) is 26.2 Å². The van der Waals surface area contributed by atoms with E-state index in [0.29, 0.717) is 17.1 Å². The number of rotatable bonds is 1. The fourth-order valence-corrected chi connectivity index (χ4v) is 4.53. The van der Waals surface area contributed by atoms with Gasteiger partial charge in [0, 0.05) is 17.4 Å². The molecular formula is C17H16ClNO3.